The summed E-state index contributed by atoms with van der Waals surface area (Å²) in [5.41, 5.74) is 0.434. The molecular formula is C15H10ClF7N4O. The largest absolute Gasteiger partial charge is 0.460 e. The van der Waals surface area contributed by atoms with E-state index in [4.69, 9.17) is 11.6 Å². The lowest BCUT2D eigenvalue weighted by Gasteiger charge is -2.27. The Labute approximate surface area is 158 Å². The normalized spacial score (nSPS) is 12.8. The molecule has 0 aliphatic carbocycles. The van der Waals surface area contributed by atoms with Gasteiger partial charge < -0.3 is 0 Å². The molecule has 0 aliphatic heterocycles. The Morgan fingerprint density at radius 3 is 2.07 bits per heavy atom. The molecule has 0 radical (unpaired) electrons. The van der Waals surface area contributed by atoms with E-state index in [0.29, 0.717) is 15.5 Å². The Balaban J connectivity index is 2.46. The summed E-state index contributed by atoms with van der Waals surface area (Å²) in [6.07, 6.45) is -6.45. The summed E-state index contributed by atoms with van der Waals surface area (Å²) in [5.74, 6) is -15.7. The summed E-state index contributed by atoms with van der Waals surface area (Å²) >= 11 is 5.71. The summed E-state index contributed by atoms with van der Waals surface area (Å²) in [6, 6.07) is 5.87. The van der Waals surface area contributed by atoms with Crippen molar-refractivity contribution in [1.82, 2.24) is 15.0 Å². The fourth-order valence-corrected chi connectivity index (χ4v) is 2.12. The van der Waals surface area contributed by atoms with Gasteiger partial charge in [-0.05, 0) is 24.6 Å². The molecule has 2 aromatic rings. The molecule has 28 heavy (non-hydrogen) atoms. The second kappa shape index (κ2) is 7.49. The Morgan fingerprint density at radius 2 is 1.57 bits per heavy atom. The Kier molecular flexibility index (Phi) is 5.83. The molecule has 0 spiro atoms. The minimum atomic E-state index is -6.55. The van der Waals surface area contributed by atoms with E-state index in [9.17, 15) is 35.5 Å². The third-order valence-electron chi connectivity index (χ3n) is 3.42. The lowest BCUT2D eigenvalue weighted by molar-refractivity contribution is -0.361. The first-order valence-electron chi connectivity index (χ1n) is 7.31. The van der Waals surface area contributed by atoms with Crippen LogP contribution in [0.15, 0.2) is 24.3 Å². The number of nitrogens with zero attached hydrogens (tertiary/aromatic N) is 4. The smallest absolute Gasteiger partial charge is 0.279 e. The molecule has 1 aromatic heterocycles. The van der Waals surface area contributed by atoms with Crippen molar-refractivity contribution in [2.24, 2.45) is 0 Å². The van der Waals surface area contributed by atoms with E-state index < -0.39 is 35.6 Å². The standard InChI is InChI=1S/C15H10ClF7N4O/c1-8-24-11(13(17,18)14(19,20)15(21,22)23)26-12(25-8)27(7-28)6-9-2-4-10(16)5-3-9/h2-5,7H,6H2,1H3. The monoisotopic (exact) mass is 430 g/mol. The molecule has 1 heterocycles. The van der Waals surface area contributed by atoms with Crippen LogP contribution in [0.2, 0.25) is 5.02 Å². The summed E-state index contributed by atoms with van der Waals surface area (Å²) in [6.45, 7) is 0.687. The molecule has 0 aliphatic rings. The lowest BCUT2D eigenvalue weighted by atomic mass is 10.1. The van der Waals surface area contributed by atoms with Crippen LogP contribution in [0, 0.1) is 6.92 Å². The molecule has 13 heteroatoms. The van der Waals surface area contributed by atoms with Crippen molar-refractivity contribution in [1.29, 1.82) is 0 Å². The van der Waals surface area contributed by atoms with Gasteiger partial charge >= 0.3 is 18.0 Å². The van der Waals surface area contributed by atoms with Crippen molar-refractivity contribution in [3.63, 3.8) is 0 Å². The molecule has 0 saturated carbocycles. The van der Waals surface area contributed by atoms with Gasteiger partial charge in [0, 0.05) is 5.02 Å². The summed E-state index contributed by atoms with van der Waals surface area (Å²) < 4.78 is 91.4. The fraction of sp³-hybridized carbons (Fsp3) is 0.333. The van der Waals surface area contributed by atoms with Crippen LogP contribution in [-0.2, 0) is 17.3 Å². The molecule has 0 fully saturated rings. The van der Waals surface area contributed by atoms with Gasteiger partial charge in [-0.25, -0.2) is 4.98 Å². The van der Waals surface area contributed by atoms with E-state index in [1.807, 2.05) is 0 Å². The van der Waals surface area contributed by atoms with Crippen molar-refractivity contribution in [2.75, 3.05) is 4.90 Å². The predicted molar refractivity (Wildman–Crippen MR) is 83.2 cm³/mol. The maximum absolute atomic E-state index is 13.9. The Bertz CT molecular complexity index is 858. The van der Waals surface area contributed by atoms with Crippen LogP contribution in [0.5, 0.6) is 0 Å². The Morgan fingerprint density at radius 1 is 1.00 bits per heavy atom. The second-order valence-corrected chi connectivity index (χ2v) is 5.95. The van der Waals surface area contributed by atoms with Crippen molar-refractivity contribution < 1.29 is 35.5 Å². The van der Waals surface area contributed by atoms with Crippen molar-refractivity contribution in [2.45, 2.75) is 31.5 Å². The molecule has 0 unspecified atom stereocenters. The molecule has 1 amide bonds. The molecule has 0 bridgehead atoms. The number of hydrogen-bond acceptors (Lipinski definition) is 4. The number of benzene rings is 1. The number of rotatable bonds is 6. The number of aromatic nitrogens is 3. The average molecular weight is 431 g/mol. The van der Waals surface area contributed by atoms with E-state index >= 15 is 0 Å². The van der Waals surface area contributed by atoms with Crippen LogP contribution in [-0.4, -0.2) is 33.5 Å². The van der Waals surface area contributed by atoms with Gasteiger partial charge in [0.25, 0.3) is 0 Å². The first kappa shape index (κ1) is 21.8. The van der Waals surface area contributed by atoms with E-state index in [1.165, 1.54) is 24.3 Å². The zero-order valence-corrected chi connectivity index (χ0v) is 14.6. The van der Waals surface area contributed by atoms with Crippen LogP contribution >= 0.6 is 11.6 Å². The molecule has 0 atom stereocenters. The van der Waals surface area contributed by atoms with Crippen molar-refractivity contribution in [3.8, 4) is 0 Å². The SMILES string of the molecule is Cc1nc(N(C=O)Cc2ccc(Cl)cc2)nc(C(F)(F)C(F)(F)C(F)(F)F)n1. The van der Waals surface area contributed by atoms with E-state index in [-0.39, 0.29) is 13.0 Å². The number of hydrogen-bond donors (Lipinski definition) is 0. The highest BCUT2D eigenvalue weighted by Crippen LogP contribution is 2.50. The van der Waals surface area contributed by atoms with Crippen molar-refractivity contribution >= 4 is 24.0 Å². The predicted octanol–water partition coefficient (Wildman–Crippen LogP) is 4.29. The zero-order chi connectivity index (χ0) is 21.3. The molecule has 5 nitrogen and oxygen atoms in total. The van der Waals surface area contributed by atoms with E-state index in [0.717, 1.165) is 6.92 Å². The minimum absolute atomic E-state index is 0.104. The highest BCUT2D eigenvalue weighted by atomic mass is 35.5. The van der Waals surface area contributed by atoms with Crippen LogP contribution in [0.4, 0.5) is 36.7 Å². The number of carbonyl (C=O) groups is 1. The van der Waals surface area contributed by atoms with Crippen LogP contribution in [0.1, 0.15) is 17.2 Å². The molecular weight excluding hydrogens is 421 g/mol. The molecule has 0 N–H and O–H groups in total. The molecule has 152 valence electrons. The lowest BCUT2D eigenvalue weighted by Crippen LogP contribution is -2.51. The average Bonchev–Trinajstić information content (AvgIpc) is 2.59. The second-order valence-electron chi connectivity index (χ2n) is 5.51. The summed E-state index contributed by atoms with van der Waals surface area (Å²) in [5, 5.41) is 0.369. The number of amides is 1. The topological polar surface area (TPSA) is 59.0 Å². The maximum Gasteiger partial charge on any atom is 0.460 e. The number of halogens is 8. The molecule has 1 aromatic carbocycles. The third kappa shape index (κ3) is 4.16. The first-order chi connectivity index (χ1) is 12.8. The van der Waals surface area contributed by atoms with Gasteiger partial charge in [0.15, 0.2) is 0 Å². The van der Waals surface area contributed by atoms with Crippen LogP contribution in [0.3, 0.4) is 0 Å². The number of anilines is 1. The fourth-order valence-electron chi connectivity index (χ4n) is 2.00. The van der Waals surface area contributed by atoms with Gasteiger partial charge in [0.2, 0.25) is 18.2 Å². The number of alkyl halides is 7. The molecule has 2 rings (SSSR count). The van der Waals surface area contributed by atoms with Crippen molar-refractivity contribution in [3.05, 3.63) is 46.5 Å². The van der Waals surface area contributed by atoms with Gasteiger partial charge in [0.1, 0.15) is 5.82 Å². The van der Waals surface area contributed by atoms with Crippen LogP contribution in [0.25, 0.3) is 0 Å². The highest BCUT2D eigenvalue weighted by molar-refractivity contribution is 6.30. The summed E-state index contributed by atoms with van der Waals surface area (Å²) in [7, 11) is 0. The zero-order valence-electron chi connectivity index (χ0n) is 13.8. The summed E-state index contributed by atoms with van der Waals surface area (Å²) in [4.78, 5) is 21.4. The minimum Gasteiger partial charge on any atom is -0.279 e. The van der Waals surface area contributed by atoms with E-state index in [1.54, 1.807) is 0 Å². The van der Waals surface area contributed by atoms with Gasteiger partial charge in [-0.3, -0.25) is 9.69 Å². The van der Waals surface area contributed by atoms with Gasteiger partial charge in [-0.2, -0.15) is 40.7 Å². The number of carbonyl (C=O) groups excluding carboxylic acids is 1. The first-order valence-corrected chi connectivity index (χ1v) is 7.69. The maximum atomic E-state index is 13.9. The van der Waals surface area contributed by atoms with Gasteiger partial charge in [-0.15, -0.1) is 0 Å². The van der Waals surface area contributed by atoms with Gasteiger partial charge in [0.05, 0.1) is 6.54 Å². The highest BCUT2D eigenvalue weighted by Gasteiger charge is 2.75. The van der Waals surface area contributed by atoms with Gasteiger partial charge in [-0.1, -0.05) is 23.7 Å². The quantitative estimate of drug-likeness (QED) is 0.507. The van der Waals surface area contributed by atoms with E-state index in [2.05, 4.69) is 15.0 Å². The van der Waals surface area contributed by atoms with Crippen LogP contribution < -0.4 is 4.90 Å². The third-order valence-corrected chi connectivity index (χ3v) is 3.67. The number of aryl methyl sites for hydroxylation is 1. The molecule has 0 saturated heterocycles. The Hall–Kier alpha value is -2.50.